The number of nitriles is 1. The molecule has 0 saturated carbocycles. The summed E-state index contributed by atoms with van der Waals surface area (Å²) in [6, 6.07) is 9.87. The highest BCUT2D eigenvalue weighted by Crippen LogP contribution is 2.24. The smallest absolute Gasteiger partial charge is 0.241 e. The van der Waals surface area contributed by atoms with Crippen LogP contribution in [0.2, 0.25) is 0 Å². The number of anilines is 1. The van der Waals surface area contributed by atoms with E-state index in [2.05, 4.69) is 21.4 Å². The molecule has 6 nitrogen and oxygen atoms in total. The van der Waals surface area contributed by atoms with Crippen molar-refractivity contribution in [2.24, 2.45) is 0 Å². The standard InChI is InChI=1S/C20H23N5O/c1-25(11-9-17-7-4-5-10-22-17)19(26)14-23-20-16(13-21)12-15-6-2-3-8-18(15)24-20/h4-5,7,10,12H,2-3,6,8-9,11,14H2,1H3,(H,23,24). The number of rotatable bonds is 6. The van der Waals surface area contributed by atoms with Crippen molar-refractivity contribution >= 4 is 11.7 Å². The fourth-order valence-electron chi connectivity index (χ4n) is 3.10. The van der Waals surface area contributed by atoms with Crippen LogP contribution in [0.25, 0.3) is 0 Å². The summed E-state index contributed by atoms with van der Waals surface area (Å²) in [5.74, 6) is 0.476. The molecule has 0 unspecified atom stereocenters. The molecular formula is C20H23N5O. The summed E-state index contributed by atoms with van der Waals surface area (Å²) in [4.78, 5) is 22.9. The Morgan fingerprint density at radius 3 is 2.96 bits per heavy atom. The number of amides is 1. The van der Waals surface area contributed by atoms with Gasteiger partial charge in [0.05, 0.1) is 12.1 Å². The van der Waals surface area contributed by atoms with E-state index in [0.29, 0.717) is 24.3 Å². The van der Waals surface area contributed by atoms with E-state index in [0.717, 1.165) is 42.6 Å². The highest BCUT2D eigenvalue weighted by Gasteiger charge is 2.16. The summed E-state index contributed by atoms with van der Waals surface area (Å²) in [6.07, 6.45) is 6.65. The molecule has 0 saturated heterocycles. The number of pyridine rings is 2. The number of carbonyl (C=O) groups excluding carboxylic acids is 1. The van der Waals surface area contributed by atoms with E-state index in [9.17, 15) is 10.1 Å². The van der Waals surface area contributed by atoms with Gasteiger partial charge in [0, 0.05) is 37.6 Å². The van der Waals surface area contributed by atoms with Crippen LogP contribution in [0.15, 0.2) is 30.5 Å². The summed E-state index contributed by atoms with van der Waals surface area (Å²) < 4.78 is 0. The molecule has 2 aromatic rings. The third-order valence-corrected chi connectivity index (χ3v) is 4.68. The van der Waals surface area contributed by atoms with Gasteiger partial charge in [0.1, 0.15) is 11.9 Å². The van der Waals surface area contributed by atoms with Gasteiger partial charge in [-0.05, 0) is 49.4 Å². The molecular weight excluding hydrogens is 326 g/mol. The third-order valence-electron chi connectivity index (χ3n) is 4.68. The van der Waals surface area contributed by atoms with Crippen LogP contribution >= 0.6 is 0 Å². The van der Waals surface area contributed by atoms with Crippen LogP contribution in [0, 0.1) is 11.3 Å². The molecule has 0 bridgehead atoms. The molecule has 134 valence electrons. The summed E-state index contributed by atoms with van der Waals surface area (Å²) in [6.45, 7) is 0.722. The predicted molar refractivity (Wildman–Crippen MR) is 99.7 cm³/mol. The van der Waals surface area contributed by atoms with Gasteiger partial charge < -0.3 is 10.2 Å². The van der Waals surface area contributed by atoms with Crippen LogP contribution in [0.3, 0.4) is 0 Å². The van der Waals surface area contributed by atoms with E-state index >= 15 is 0 Å². The summed E-state index contributed by atoms with van der Waals surface area (Å²) >= 11 is 0. The number of likely N-dealkylation sites (N-methyl/N-ethyl adjacent to an activating group) is 1. The Hall–Kier alpha value is -2.94. The van der Waals surface area contributed by atoms with Crippen molar-refractivity contribution in [3.63, 3.8) is 0 Å². The van der Waals surface area contributed by atoms with Crippen molar-refractivity contribution < 1.29 is 4.79 Å². The zero-order valence-corrected chi connectivity index (χ0v) is 15.0. The quantitative estimate of drug-likeness (QED) is 0.865. The Kier molecular flexibility index (Phi) is 5.80. The van der Waals surface area contributed by atoms with E-state index in [-0.39, 0.29) is 12.5 Å². The first-order chi connectivity index (χ1) is 12.7. The summed E-state index contributed by atoms with van der Waals surface area (Å²) in [7, 11) is 1.78. The van der Waals surface area contributed by atoms with E-state index in [1.165, 1.54) is 0 Å². The van der Waals surface area contributed by atoms with Crippen LogP contribution in [0.4, 0.5) is 5.82 Å². The second-order valence-corrected chi connectivity index (χ2v) is 6.55. The second kappa shape index (κ2) is 8.43. The van der Waals surface area contributed by atoms with Crippen LogP contribution in [0.1, 0.15) is 35.4 Å². The summed E-state index contributed by atoms with van der Waals surface area (Å²) in [5.41, 5.74) is 3.68. The van der Waals surface area contributed by atoms with Gasteiger partial charge in [-0.3, -0.25) is 9.78 Å². The normalized spacial score (nSPS) is 12.8. The maximum absolute atomic E-state index is 12.4. The average molecular weight is 349 g/mol. The lowest BCUT2D eigenvalue weighted by Gasteiger charge is -2.19. The molecule has 26 heavy (non-hydrogen) atoms. The minimum absolute atomic E-state index is 0.0376. The van der Waals surface area contributed by atoms with Crippen molar-refractivity contribution in [3.05, 3.63) is 53.0 Å². The van der Waals surface area contributed by atoms with Gasteiger partial charge in [0.25, 0.3) is 0 Å². The molecule has 3 rings (SSSR count). The van der Waals surface area contributed by atoms with E-state index < -0.39 is 0 Å². The van der Waals surface area contributed by atoms with Gasteiger partial charge in [0.15, 0.2) is 0 Å². The number of aromatic nitrogens is 2. The molecule has 1 amide bonds. The molecule has 1 N–H and O–H groups in total. The Balaban J connectivity index is 1.57. The van der Waals surface area contributed by atoms with Crippen molar-refractivity contribution in [2.75, 3.05) is 25.5 Å². The van der Waals surface area contributed by atoms with Crippen molar-refractivity contribution in [3.8, 4) is 6.07 Å². The lowest BCUT2D eigenvalue weighted by Crippen LogP contribution is -2.34. The number of fused-ring (bicyclic) bond motifs is 1. The zero-order chi connectivity index (χ0) is 18.4. The first-order valence-electron chi connectivity index (χ1n) is 8.98. The molecule has 2 heterocycles. The Labute approximate surface area is 153 Å². The number of carbonyl (C=O) groups is 1. The van der Waals surface area contributed by atoms with Crippen molar-refractivity contribution in [2.45, 2.75) is 32.1 Å². The third kappa shape index (κ3) is 4.37. The van der Waals surface area contributed by atoms with Crippen LogP contribution in [0.5, 0.6) is 0 Å². The van der Waals surface area contributed by atoms with Gasteiger partial charge >= 0.3 is 0 Å². The molecule has 1 aliphatic carbocycles. The molecule has 0 radical (unpaired) electrons. The van der Waals surface area contributed by atoms with Gasteiger partial charge in [-0.2, -0.15) is 5.26 Å². The first kappa shape index (κ1) is 17.9. The highest BCUT2D eigenvalue weighted by atomic mass is 16.2. The SMILES string of the molecule is CN(CCc1ccccn1)C(=O)CNc1nc2c(cc1C#N)CCCC2. The van der Waals surface area contributed by atoms with Crippen molar-refractivity contribution in [1.29, 1.82) is 5.26 Å². The molecule has 0 aliphatic heterocycles. The zero-order valence-electron chi connectivity index (χ0n) is 15.0. The van der Waals surface area contributed by atoms with Gasteiger partial charge in [0.2, 0.25) is 5.91 Å². The molecule has 0 spiro atoms. The molecule has 6 heteroatoms. The van der Waals surface area contributed by atoms with E-state index in [1.807, 2.05) is 24.3 Å². The largest absolute Gasteiger partial charge is 0.360 e. The topological polar surface area (TPSA) is 81.9 Å². The first-order valence-corrected chi connectivity index (χ1v) is 8.98. The van der Waals surface area contributed by atoms with Crippen molar-refractivity contribution in [1.82, 2.24) is 14.9 Å². The van der Waals surface area contributed by atoms with Gasteiger partial charge in [-0.1, -0.05) is 6.07 Å². The molecule has 1 aliphatic rings. The minimum Gasteiger partial charge on any atom is -0.360 e. The van der Waals surface area contributed by atoms with Gasteiger partial charge in [-0.15, -0.1) is 0 Å². The summed E-state index contributed by atoms with van der Waals surface area (Å²) in [5, 5.41) is 12.4. The number of nitrogens with zero attached hydrogens (tertiary/aromatic N) is 4. The maximum Gasteiger partial charge on any atom is 0.241 e. The molecule has 0 aromatic carbocycles. The highest BCUT2D eigenvalue weighted by molar-refractivity contribution is 5.80. The predicted octanol–water partition coefficient (Wildman–Crippen LogP) is 2.34. The van der Waals surface area contributed by atoms with Gasteiger partial charge in [-0.25, -0.2) is 4.98 Å². The minimum atomic E-state index is -0.0376. The Bertz CT molecular complexity index is 813. The second-order valence-electron chi connectivity index (χ2n) is 6.55. The number of hydrogen-bond acceptors (Lipinski definition) is 5. The molecule has 0 atom stereocenters. The lowest BCUT2D eigenvalue weighted by molar-refractivity contribution is -0.128. The lowest BCUT2D eigenvalue weighted by atomic mass is 9.95. The van der Waals surface area contributed by atoms with Crippen LogP contribution < -0.4 is 5.32 Å². The Morgan fingerprint density at radius 1 is 1.35 bits per heavy atom. The molecule has 0 fully saturated rings. The number of aryl methyl sites for hydroxylation is 2. The van der Waals surface area contributed by atoms with Crippen LogP contribution in [-0.2, 0) is 24.1 Å². The number of nitrogens with one attached hydrogen (secondary N) is 1. The number of hydrogen-bond donors (Lipinski definition) is 1. The molecule has 2 aromatic heterocycles. The maximum atomic E-state index is 12.4. The monoisotopic (exact) mass is 349 g/mol. The fourth-order valence-corrected chi connectivity index (χ4v) is 3.10. The average Bonchev–Trinajstić information content (AvgIpc) is 2.70. The Morgan fingerprint density at radius 2 is 2.19 bits per heavy atom. The van der Waals surface area contributed by atoms with E-state index in [1.54, 1.807) is 18.1 Å². The fraction of sp³-hybridized carbons (Fsp3) is 0.400. The van der Waals surface area contributed by atoms with E-state index in [4.69, 9.17) is 0 Å². The van der Waals surface area contributed by atoms with Crippen LogP contribution in [-0.4, -0.2) is 40.9 Å².